The van der Waals surface area contributed by atoms with Crippen LogP contribution in [0.15, 0.2) is 11.6 Å². The quantitative estimate of drug-likeness (QED) is 0.910. The molecule has 0 radical (unpaired) electrons. The summed E-state index contributed by atoms with van der Waals surface area (Å²) < 4.78 is 4.94. The third-order valence-electron chi connectivity index (χ3n) is 2.23. The van der Waals surface area contributed by atoms with Gasteiger partial charge < -0.3 is 10.1 Å². The van der Waals surface area contributed by atoms with Crippen molar-refractivity contribution in [3.05, 3.63) is 21.9 Å². The van der Waals surface area contributed by atoms with E-state index in [1.807, 2.05) is 5.38 Å². The molecule has 2 aromatic heterocycles. The molecule has 0 saturated carbocycles. The molecule has 2 heterocycles. The van der Waals surface area contributed by atoms with Gasteiger partial charge in [0, 0.05) is 11.6 Å². The van der Waals surface area contributed by atoms with Crippen LogP contribution in [0.1, 0.15) is 24.4 Å². The Kier molecular flexibility index (Phi) is 4.27. The van der Waals surface area contributed by atoms with Crippen molar-refractivity contribution in [3.8, 4) is 6.01 Å². The second-order valence-corrected chi connectivity index (χ2v) is 4.65. The highest BCUT2D eigenvalue weighted by molar-refractivity contribution is 7.09. The second-order valence-electron chi connectivity index (χ2n) is 3.39. The first-order valence-electron chi connectivity index (χ1n) is 5.34. The molecule has 1 atom stereocenters. The average molecular weight is 286 g/mol. The fourth-order valence-electron chi connectivity index (χ4n) is 1.39. The lowest BCUT2D eigenvalue weighted by atomic mass is 10.2. The molecule has 2 rings (SSSR count). The Hall–Kier alpha value is -1.47. The van der Waals surface area contributed by atoms with Gasteiger partial charge in [0.2, 0.25) is 11.2 Å². The number of anilines is 1. The van der Waals surface area contributed by atoms with Crippen LogP contribution in [0.3, 0.4) is 0 Å². The third kappa shape index (κ3) is 3.05. The number of hydrogen-bond acceptors (Lipinski definition) is 7. The second kappa shape index (κ2) is 5.92. The molecule has 2 aromatic rings. The largest absolute Gasteiger partial charge is 0.467 e. The van der Waals surface area contributed by atoms with Gasteiger partial charge >= 0.3 is 6.01 Å². The Labute approximate surface area is 113 Å². The molecule has 1 N–H and O–H groups in total. The van der Waals surface area contributed by atoms with Crippen LogP contribution in [0.5, 0.6) is 6.01 Å². The highest BCUT2D eigenvalue weighted by Gasteiger charge is 2.14. The predicted octanol–water partition coefficient (Wildman–Crippen LogP) is 2.55. The molecule has 0 saturated heterocycles. The van der Waals surface area contributed by atoms with Gasteiger partial charge in [-0.15, -0.1) is 11.3 Å². The van der Waals surface area contributed by atoms with Crippen LogP contribution in [0.2, 0.25) is 5.28 Å². The lowest BCUT2D eigenvalue weighted by molar-refractivity contribution is 0.378. The summed E-state index contributed by atoms with van der Waals surface area (Å²) in [7, 11) is 1.48. The first-order valence-corrected chi connectivity index (χ1v) is 6.60. The van der Waals surface area contributed by atoms with Crippen molar-refractivity contribution in [2.45, 2.75) is 19.4 Å². The average Bonchev–Trinajstić information content (AvgIpc) is 2.89. The summed E-state index contributed by atoms with van der Waals surface area (Å²) in [5.41, 5.74) is 0. The van der Waals surface area contributed by atoms with Crippen LogP contribution in [0.25, 0.3) is 0 Å². The molecule has 0 aliphatic heterocycles. The van der Waals surface area contributed by atoms with Crippen molar-refractivity contribution in [3.63, 3.8) is 0 Å². The van der Waals surface area contributed by atoms with E-state index in [1.54, 1.807) is 17.5 Å². The molecule has 6 nitrogen and oxygen atoms in total. The minimum atomic E-state index is 0.0492. The van der Waals surface area contributed by atoms with Crippen LogP contribution < -0.4 is 10.1 Å². The lowest BCUT2D eigenvalue weighted by Gasteiger charge is -2.14. The monoisotopic (exact) mass is 285 g/mol. The van der Waals surface area contributed by atoms with Gasteiger partial charge in [-0.2, -0.15) is 15.0 Å². The topological polar surface area (TPSA) is 72.8 Å². The standard InChI is InChI=1S/C10H12ClN5OS/c1-3-6(7-12-4-5-18-7)13-9-14-8(11)15-10(16-9)17-2/h4-6H,3H2,1-2H3,(H,13,14,15,16). The molecular formula is C10H12ClN5OS. The van der Waals surface area contributed by atoms with Gasteiger partial charge in [0.25, 0.3) is 0 Å². The van der Waals surface area contributed by atoms with Gasteiger partial charge in [0.1, 0.15) is 5.01 Å². The molecule has 0 fully saturated rings. The number of aromatic nitrogens is 4. The summed E-state index contributed by atoms with van der Waals surface area (Å²) in [6.45, 7) is 2.05. The zero-order chi connectivity index (χ0) is 13.0. The number of nitrogens with one attached hydrogen (secondary N) is 1. The minimum absolute atomic E-state index is 0.0492. The summed E-state index contributed by atoms with van der Waals surface area (Å²) in [6.07, 6.45) is 2.63. The highest BCUT2D eigenvalue weighted by atomic mass is 35.5. The number of rotatable bonds is 5. The van der Waals surface area contributed by atoms with E-state index in [9.17, 15) is 0 Å². The Balaban J connectivity index is 2.19. The van der Waals surface area contributed by atoms with Crippen LogP contribution in [-0.4, -0.2) is 27.0 Å². The number of nitrogens with zero attached hydrogens (tertiary/aromatic N) is 4. The van der Waals surface area contributed by atoms with E-state index < -0.39 is 0 Å². The molecule has 0 bridgehead atoms. The fourth-order valence-corrected chi connectivity index (χ4v) is 2.31. The SMILES string of the molecule is CCC(Nc1nc(Cl)nc(OC)n1)c1nccs1. The van der Waals surface area contributed by atoms with E-state index in [1.165, 1.54) is 7.11 Å². The molecule has 0 amide bonds. The number of methoxy groups -OCH3 is 1. The number of thiazole rings is 1. The van der Waals surface area contributed by atoms with Crippen LogP contribution in [0.4, 0.5) is 5.95 Å². The van der Waals surface area contributed by atoms with E-state index in [0.29, 0.717) is 5.95 Å². The summed E-state index contributed by atoms with van der Waals surface area (Å²) in [5, 5.41) is 6.17. The molecule has 0 aromatic carbocycles. The normalized spacial score (nSPS) is 12.2. The number of ether oxygens (including phenoxy) is 1. The summed E-state index contributed by atoms with van der Waals surface area (Å²) >= 11 is 7.37. The minimum Gasteiger partial charge on any atom is -0.467 e. The van der Waals surface area contributed by atoms with Crippen molar-refractivity contribution in [1.29, 1.82) is 0 Å². The third-order valence-corrected chi connectivity index (χ3v) is 3.29. The summed E-state index contributed by atoms with van der Waals surface area (Å²) in [4.78, 5) is 16.2. The zero-order valence-electron chi connectivity index (χ0n) is 9.92. The Morgan fingerprint density at radius 1 is 1.44 bits per heavy atom. The highest BCUT2D eigenvalue weighted by Crippen LogP contribution is 2.23. The van der Waals surface area contributed by atoms with E-state index in [0.717, 1.165) is 11.4 Å². The molecule has 96 valence electrons. The van der Waals surface area contributed by atoms with Gasteiger partial charge in [-0.3, -0.25) is 0 Å². The van der Waals surface area contributed by atoms with E-state index >= 15 is 0 Å². The van der Waals surface area contributed by atoms with Gasteiger partial charge in [0.15, 0.2) is 0 Å². The van der Waals surface area contributed by atoms with Gasteiger partial charge in [-0.05, 0) is 18.0 Å². The van der Waals surface area contributed by atoms with Crippen molar-refractivity contribution >= 4 is 28.9 Å². The molecule has 0 aliphatic rings. The van der Waals surface area contributed by atoms with Gasteiger partial charge in [0.05, 0.1) is 13.2 Å². The maximum Gasteiger partial charge on any atom is 0.322 e. The maximum absolute atomic E-state index is 5.79. The number of hydrogen-bond donors (Lipinski definition) is 1. The summed E-state index contributed by atoms with van der Waals surface area (Å²) in [5.74, 6) is 0.383. The Morgan fingerprint density at radius 3 is 2.89 bits per heavy atom. The van der Waals surface area contributed by atoms with E-state index in [2.05, 4.69) is 32.2 Å². The van der Waals surface area contributed by atoms with E-state index in [-0.39, 0.29) is 17.3 Å². The number of halogens is 1. The van der Waals surface area contributed by atoms with Gasteiger partial charge in [-0.1, -0.05) is 6.92 Å². The van der Waals surface area contributed by atoms with Gasteiger partial charge in [-0.25, -0.2) is 4.98 Å². The Morgan fingerprint density at radius 2 is 2.28 bits per heavy atom. The van der Waals surface area contributed by atoms with Crippen molar-refractivity contribution in [2.75, 3.05) is 12.4 Å². The molecule has 18 heavy (non-hydrogen) atoms. The van der Waals surface area contributed by atoms with E-state index in [4.69, 9.17) is 16.3 Å². The first kappa shape index (κ1) is 13.0. The van der Waals surface area contributed by atoms with Crippen molar-refractivity contribution in [2.24, 2.45) is 0 Å². The molecule has 0 aliphatic carbocycles. The molecule has 1 unspecified atom stereocenters. The van der Waals surface area contributed by atoms with Crippen LogP contribution in [0, 0.1) is 0 Å². The Bertz CT molecular complexity index is 507. The molecular weight excluding hydrogens is 274 g/mol. The molecule has 8 heteroatoms. The van der Waals surface area contributed by atoms with Crippen molar-refractivity contribution in [1.82, 2.24) is 19.9 Å². The van der Waals surface area contributed by atoms with Crippen molar-refractivity contribution < 1.29 is 4.74 Å². The van der Waals surface area contributed by atoms with Crippen LogP contribution in [-0.2, 0) is 0 Å². The maximum atomic E-state index is 5.79. The first-order chi connectivity index (χ1) is 8.72. The lowest BCUT2D eigenvalue weighted by Crippen LogP contribution is -2.12. The fraction of sp³-hybridized carbons (Fsp3) is 0.400. The summed E-state index contributed by atoms with van der Waals surface area (Å²) in [6, 6.07) is 0.236. The predicted molar refractivity (Wildman–Crippen MR) is 70.2 cm³/mol. The van der Waals surface area contributed by atoms with Crippen LogP contribution >= 0.6 is 22.9 Å². The zero-order valence-corrected chi connectivity index (χ0v) is 11.5. The molecule has 0 spiro atoms. The smallest absolute Gasteiger partial charge is 0.322 e.